The van der Waals surface area contributed by atoms with E-state index in [0.717, 1.165) is 47.9 Å². The third-order valence-electron chi connectivity index (χ3n) is 5.23. The van der Waals surface area contributed by atoms with Gasteiger partial charge in [0.15, 0.2) is 0 Å². The van der Waals surface area contributed by atoms with Crippen LogP contribution in [0.3, 0.4) is 0 Å². The fraction of sp³-hybridized carbons (Fsp3) is 0.400. The van der Waals surface area contributed by atoms with Crippen LogP contribution in [0, 0.1) is 0 Å². The standard InChI is InChI=1S/C20H20N2O4/c1-12(16-9-22-11-18-15(16)5-7-26-20(18)24)2-3-13-8-21-10-17-14(13)4-6-25-19(17)23/h8-12H,2-7H2,1H3/t12-/m1/s1. The molecule has 0 unspecified atom stereocenters. The molecule has 134 valence electrons. The predicted octanol–water partition coefficient (Wildman–Crippen LogP) is 2.64. The Labute approximate surface area is 151 Å². The van der Waals surface area contributed by atoms with Crippen LogP contribution < -0.4 is 0 Å². The number of nitrogens with zero attached hydrogens (tertiary/aromatic N) is 2. The summed E-state index contributed by atoms with van der Waals surface area (Å²) in [5.74, 6) is -0.323. The van der Waals surface area contributed by atoms with Crippen LogP contribution in [-0.2, 0) is 28.7 Å². The van der Waals surface area contributed by atoms with E-state index < -0.39 is 0 Å². The second-order valence-electron chi connectivity index (χ2n) is 6.79. The largest absolute Gasteiger partial charge is 0.462 e. The van der Waals surface area contributed by atoms with Gasteiger partial charge in [0.05, 0.1) is 24.3 Å². The maximum Gasteiger partial charge on any atom is 0.340 e. The van der Waals surface area contributed by atoms with Gasteiger partial charge in [0.1, 0.15) is 0 Å². The summed E-state index contributed by atoms with van der Waals surface area (Å²) in [6.07, 6.45) is 10.1. The molecule has 2 aliphatic rings. The van der Waals surface area contributed by atoms with Crippen LogP contribution in [0.2, 0.25) is 0 Å². The third kappa shape index (κ3) is 2.96. The van der Waals surface area contributed by atoms with Crippen molar-refractivity contribution in [3.63, 3.8) is 0 Å². The highest BCUT2D eigenvalue weighted by molar-refractivity contribution is 5.92. The molecule has 0 fully saturated rings. The fourth-order valence-electron chi connectivity index (χ4n) is 3.77. The molecule has 6 nitrogen and oxygen atoms in total. The Morgan fingerprint density at radius 3 is 2.27 bits per heavy atom. The monoisotopic (exact) mass is 352 g/mol. The quantitative estimate of drug-likeness (QED) is 0.787. The normalized spacial score (nSPS) is 17.0. The van der Waals surface area contributed by atoms with E-state index >= 15 is 0 Å². The molecule has 0 radical (unpaired) electrons. The van der Waals surface area contributed by atoms with Gasteiger partial charge in [-0.25, -0.2) is 9.59 Å². The fourth-order valence-corrected chi connectivity index (χ4v) is 3.77. The molecule has 26 heavy (non-hydrogen) atoms. The average Bonchev–Trinajstić information content (AvgIpc) is 2.66. The molecule has 0 aliphatic carbocycles. The van der Waals surface area contributed by atoms with Gasteiger partial charge < -0.3 is 9.47 Å². The zero-order valence-corrected chi connectivity index (χ0v) is 14.7. The van der Waals surface area contributed by atoms with Crippen molar-refractivity contribution in [2.75, 3.05) is 13.2 Å². The van der Waals surface area contributed by atoms with Crippen LogP contribution in [0.15, 0.2) is 24.8 Å². The number of aryl methyl sites for hydroxylation is 1. The Kier molecular flexibility index (Phi) is 4.41. The molecule has 0 saturated heterocycles. The number of carbonyl (C=O) groups is 2. The molecular weight excluding hydrogens is 332 g/mol. The molecule has 6 heteroatoms. The van der Waals surface area contributed by atoms with Crippen molar-refractivity contribution < 1.29 is 19.1 Å². The second-order valence-corrected chi connectivity index (χ2v) is 6.79. The lowest BCUT2D eigenvalue weighted by Gasteiger charge is -2.22. The van der Waals surface area contributed by atoms with Gasteiger partial charge >= 0.3 is 11.9 Å². The molecule has 0 spiro atoms. The van der Waals surface area contributed by atoms with Crippen LogP contribution in [-0.4, -0.2) is 35.1 Å². The van der Waals surface area contributed by atoms with Gasteiger partial charge in [0.2, 0.25) is 0 Å². The highest BCUT2D eigenvalue weighted by Gasteiger charge is 2.25. The third-order valence-corrected chi connectivity index (χ3v) is 5.23. The van der Waals surface area contributed by atoms with Gasteiger partial charge in [0.25, 0.3) is 0 Å². The van der Waals surface area contributed by atoms with Crippen molar-refractivity contribution in [3.05, 3.63) is 58.2 Å². The van der Waals surface area contributed by atoms with E-state index in [2.05, 4.69) is 16.9 Å². The molecule has 2 aromatic heterocycles. The zero-order chi connectivity index (χ0) is 18.1. The minimum absolute atomic E-state index is 0.245. The molecule has 0 saturated carbocycles. The number of cyclic esters (lactones) is 2. The van der Waals surface area contributed by atoms with Crippen molar-refractivity contribution >= 4 is 11.9 Å². The van der Waals surface area contributed by atoms with E-state index in [1.807, 2.05) is 12.4 Å². The van der Waals surface area contributed by atoms with E-state index in [9.17, 15) is 9.59 Å². The molecular formula is C20H20N2O4. The first-order valence-electron chi connectivity index (χ1n) is 8.92. The minimum Gasteiger partial charge on any atom is -0.462 e. The van der Waals surface area contributed by atoms with Crippen LogP contribution in [0.4, 0.5) is 0 Å². The summed E-state index contributed by atoms with van der Waals surface area (Å²) in [6.45, 7) is 3.00. The number of esters is 2. The Hall–Kier alpha value is -2.76. The number of fused-ring (bicyclic) bond motifs is 2. The molecule has 0 N–H and O–H groups in total. The molecule has 1 atom stereocenters. The van der Waals surface area contributed by atoms with E-state index in [-0.39, 0.29) is 17.9 Å². The van der Waals surface area contributed by atoms with Crippen LogP contribution in [0.5, 0.6) is 0 Å². The van der Waals surface area contributed by atoms with Crippen LogP contribution in [0.1, 0.15) is 62.2 Å². The van der Waals surface area contributed by atoms with Gasteiger partial charge in [-0.1, -0.05) is 6.92 Å². The first kappa shape index (κ1) is 16.7. The summed E-state index contributed by atoms with van der Waals surface area (Å²) in [5, 5.41) is 0. The number of hydrogen-bond acceptors (Lipinski definition) is 6. The summed E-state index contributed by atoms with van der Waals surface area (Å²) in [4.78, 5) is 32.2. The predicted molar refractivity (Wildman–Crippen MR) is 93.2 cm³/mol. The first-order chi connectivity index (χ1) is 12.6. The van der Waals surface area contributed by atoms with Crippen molar-refractivity contribution in [1.29, 1.82) is 0 Å². The molecule has 0 aromatic carbocycles. The van der Waals surface area contributed by atoms with Crippen LogP contribution in [0.25, 0.3) is 0 Å². The lowest BCUT2D eigenvalue weighted by Crippen LogP contribution is -2.21. The highest BCUT2D eigenvalue weighted by atomic mass is 16.5. The summed E-state index contributed by atoms with van der Waals surface area (Å²) >= 11 is 0. The number of hydrogen-bond donors (Lipinski definition) is 0. The molecule has 2 aliphatic heterocycles. The van der Waals surface area contributed by atoms with Crippen molar-refractivity contribution in [2.24, 2.45) is 0 Å². The van der Waals surface area contributed by atoms with E-state index in [0.29, 0.717) is 24.3 Å². The average molecular weight is 352 g/mol. The maximum atomic E-state index is 11.9. The van der Waals surface area contributed by atoms with Crippen molar-refractivity contribution in [3.8, 4) is 0 Å². The van der Waals surface area contributed by atoms with Crippen molar-refractivity contribution in [1.82, 2.24) is 9.97 Å². The zero-order valence-electron chi connectivity index (χ0n) is 14.7. The Balaban J connectivity index is 1.55. The SMILES string of the molecule is C[C@H](CCc1cncc2c1CCOC2=O)c1cncc2c1CCOC2=O. The molecule has 4 rings (SSSR count). The first-order valence-corrected chi connectivity index (χ1v) is 8.92. The van der Waals surface area contributed by atoms with Gasteiger partial charge in [-0.3, -0.25) is 9.97 Å². The second kappa shape index (κ2) is 6.86. The minimum atomic E-state index is -0.285. The Morgan fingerprint density at radius 2 is 1.54 bits per heavy atom. The number of ether oxygens (including phenoxy) is 2. The smallest absolute Gasteiger partial charge is 0.340 e. The van der Waals surface area contributed by atoms with Gasteiger partial charge in [-0.15, -0.1) is 0 Å². The van der Waals surface area contributed by atoms with E-state index in [1.165, 1.54) is 0 Å². The van der Waals surface area contributed by atoms with Gasteiger partial charge in [0, 0.05) is 37.6 Å². The Bertz CT molecular complexity index is 878. The molecule has 4 heterocycles. The summed E-state index contributed by atoms with van der Waals surface area (Å²) in [5.41, 5.74) is 5.49. The number of pyridine rings is 2. The van der Waals surface area contributed by atoms with E-state index in [1.54, 1.807) is 12.4 Å². The van der Waals surface area contributed by atoms with Gasteiger partial charge in [-0.05, 0) is 41.0 Å². The maximum absolute atomic E-state index is 11.9. The molecule has 0 amide bonds. The summed E-state index contributed by atoms with van der Waals surface area (Å²) in [6, 6.07) is 0. The highest BCUT2D eigenvalue weighted by Crippen LogP contribution is 2.30. The summed E-state index contributed by atoms with van der Waals surface area (Å²) in [7, 11) is 0. The number of aromatic nitrogens is 2. The van der Waals surface area contributed by atoms with Gasteiger partial charge in [-0.2, -0.15) is 0 Å². The van der Waals surface area contributed by atoms with Crippen LogP contribution >= 0.6 is 0 Å². The molecule has 2 aromatic rings. The Morgan fingerprint density at radius 1 is 0.923 bits per heavy atom. The van der Waals surface area contributed by atoms with E-state index in [4.69, 9.17) is 9.47 Å². The van der Waals surface area contributed by atoms with Crippen molar-refractivity contribution in [2.45, 2.75) is 38.5 Å². The molecule has 0 bridgehead atoms. The topological polar surface area (TPSA) is 78.4 Å². The summed E-state index contributed by atoms with van der Waals surface area (Å²) < 4.78 is 10.2. The number of rotatable bonds is 4. The lowest BCUT2D eigenvalue weighted by atomic mass is 9.87. The number of carbonyl (C=O) groups excluding carboxylic acids is 2. The lowest BCUT2D eigenvalue weighted by molar-refractivity contribution is 0.0469.